The molecule has 12 heteroatoms. The Balaban J connectivity index is 1.79. The van der Waals surface area contributed by atoms with Gasteiger partial charge in [-0.1, -0.05) is 5.21 Å². The van der Waals surface area contributed by atoms with E-state index in [0.29, 0.717) is 17.5 Å². The summed E-state index contributed by atoms with van der Waals surface area (Å²) in [5.41, 5.74) is -2.88. The highest BCUT2D eigenvalue weighted by Crippen LogP contribution is 2.34. The number of aromatic nitrogens is 3. The summed E-state index contributed by atoms with van der Waals surface area (Å²) in [4.78, 5) is 28.0. The first kappa shape index (κ1) is 25.4. The molecule has 1 atom stereocenters. The number of carbonyl (C=O) groups is 2. The van der Waals surface area contributed by atoms with Gasteiger partial charge in [0, 0.05) is 26.7 Å². The molecule has 1 aliphatic rings. The average molecular weight is 485 g/mol. The molecule has 8 nitrogen and oxygen atoms in total. The van der Waals surface area contributed by atoms with E-state index in [1.165, 1.54) is 9.80 Å². The number of benzene rings is 1. The fraction of sp³-hybridized carbons (Fsp3) is 0.545. The van der Waals surface area contributed by atoms with Crippen molar-refractivity contribution in [2.45, 2.75) is 45.4 Å². The van der Waals surface area contributed by atoms with E-state index in [9.17, 15) is 27.2 Å². The average Bonchev–Trinajstić information content (AvgIpc) is 3.18. The minimum atomic E-state index is -4.92. The number of hydrogen-bond donors (Lipinski definition) is 0. The molecule has 2 heterocycles. The number of likely N-dealkylation sites (tertiary alicyclic amines) is 1. The number of carbonyl (C=O) groups excluding carboxylic acids is 2. The molecule has 1 saturated heterocycles. The highest BCUT2D eigenvalue weighted by molar-refractivity contribution is 5.93. The Labute approximate surface area is 194 Å². The predicted molar refractivity (Wildman–Crippen MR) is 114 cm³/mol. The van der Waals surface area contributed by atoms with Crippen molar-refractivity contribution in [3.05, 3.63) is 41.5 Å². The van der Waals surface area contributed by atoms with Gasteiger partial charge in [0.05, 0.1) is 5.69 Å². The fourth-order valence-corrected chi connectivity index (χ4v) is 3.79. The van der Waals surface area contributed by atoms with Crippen LogP contribution in [0, 0.1) is 11.7 Å². The number of alkyl halides is 3. The summed E-state index contributed by atoms with van der Waals surface area (Å²) < 4.78 is 60.7. The summed E-state index contributed by atoms with van der Waals surface area (Å²) in [6.07, 6.45) is -4.18. The van der Waals surface area contributed by atoms with Gasteiger partial charge in [-0.2, -0.15) is 13.2 Å². The molecule has 0 aliphatic carbocycles. The first-order chi connectivity index (χ1) is 15.8. The van der Waals surface area contributed by atoms with Crippen molar-refractivity contribution < 1.29 is 31.9 Å². The van der Waals surface area contributed by atoms with E-state index in [1.54, 1.807) is 27.8 Å². The second kappa shape index (κ2) is 9.59. The number of halogens is 4. The van der Waals surface area contributed by atoms with Gasteiger partial charge < -0.3 is 14.5 Å². The van der Waals surface area contributed by atoms with Gasteiger partial charge in [0.2, 0.25) is 0 Å². The molecule has 1 aromatic carbocycles. The van der Waals surface area contributed by atoms with Crippen LogP contribution in [0.4, 0.5) is 22.4 Å². The second-order valence-corrected chi connectivity index (χ2v) is 9.29. The maximum Gasteiger partial charge on any atom is 0.435 e. The van der Waals surface area contributed by atoms with Gasteiger partial charge in [-0.3, -0.25) is 4.79 Å². The van der Waals surface area contributed by atoms with Crippen LogP contribution in [-0.2, 0) is 10.9 Å². The summed E-state index contributed by atoms with van der Waals surface area (Å²) in [5, 5.41) is 7.06. The lowest BCUT2D eigenvalue weighted by molar-refractivity contribution is -0.143. The fourth-order valence-electron chi connectivity index (χ4n) is 3.79. The molecule has 34 heavy (non-hydrogen) atoms. The van der Waals surface area contributed by atoms with E-state index in [4.69, 9.17) is 4.74 Å². The van der Waals surface area contributed by atoms with Crippen LogP contribution in [0.3, 0.4) is 0 Å². The molecule has 1 fully saturated rings. The van der Waals surface area contributed by atoms with E-state index in [2.05, 4.69) is 10.3 Å². The minimum Gasteiger partial charge on any atom is -0.444 e. The SMILES string of the molecule is CN(CC1CCCN(C(=O)c2nnn(-c3ccc(F)cc3)c2C(F)(F)F)C1)C(=O)OC(C)(C)C. The molecule has 186 valence electrons. The van der Waals surface area contributed by atoms with Crippen molar-refractivity contribution >= 4 is 12.0 Å². The molecule has 2 aromatic rings. The number of piperidine rings is 1. The van der Waals surface area contributed by atoms with Crippen LogP contribution in [0.25, 0.3) is 5.69 Å². The van der Waals surface area contributed by atoms with Crippen molar-refractivity contribution in [1.29, 1.82) is 0 Å². The number of ether oxygens (including phenoxy) is 1. The molecule has 0 N–H and O–H groups in total. The first-order valence-electron chi connectivity index (χ1n) is 10.8. The van der Waals surface area contributed by atoms with E-state index >= 15 is 0 Å². The van der Waals surface area contributed by atoms with E-state index in [1.807, 2.05) is 0 Å². The smallest absolute Gasteiger partial charge is 0.435 e. The van der Waals surface area contributed by atoms with Crippen LogP contribution in [0.1, 0.15) is 49.8 Å². The third-order valence-electron chi connectivity index (χ3n) is 5.26. The van der Waals surface area contributed by atoms with Crippen LogP contribution in [0.15, 0.2) is 24.3 Å². The molecule has 0 saturated carbocycles. The Morgan fingerprint density at radius 3 is 2.41 bits per heavy atom. The Bertz CT molecular complexity index is 1030. The second-order valence-electron chi connectivity index (χ2n) is 9.29. The van der Waals surface area contributed by atoms with Crippen LogP contribution >= 0.6 is 0 Å². The Kier molecular flexibility index (Phi) is 7.18. The zero-order chi connectivity index (χ0) is 25.3. The van der Waals surface area contributed by atoms with E-state index < -0.39 is 41.0 Å². The zero-order valence-electron chi connectivity index (χ0n) is 19.4. The van der Waals surface area contributed by atoms with Crippen molar-refractivity contribution in [3.8, 4) is 5.69 Å². The molecule has 0 spiro atoms. The van der Waals surface area contributed by atoms with Gasteiger partial charge in [-0.25, -0.2) is 13.9 Å². The molecule has 1 aliphatic heterocycles. The number of amides is 2. The van der Waals surface area contributed by atoms with E-state index in [0.717, 1.165) is 24.3 Å². The first-order valence-corrected chi connectivity index (χ1v) is 10.8. The largest absolute Gasteiger partial charge is 0.444 e. The Morgan fingerprint density at radius 1 is 1.18 bits per heavy atom. The molecule has 1 unspecified atom stereocenters. The van der Waals surface area contributed by atoms with Gasteiger partial charge in [0.1, 0.15) is 11.4 Å². The highest BCUT2D eigenvalue weighted by Gasteiger charge is 2.43. The van der Waals surface area contributed by atoms with Crippen LogP contribution in [0.5, 0.6) is 0 Å². The quantitative estimate of drug-likeness (QED) is 0.608. The highest BCUT2D eigenvalue weighted by atomic mass is 19.4. The lowest BCUT2D eigenvalue weighted by Crippen LogP contribution is -2.45. The van der Waals surface area contributed by atoms with Crippen LogP contribution < -0.4 is 0 Å². The molecular weight excluding hydrogens is 458 g/mol. The molecule has 0 radical (unpaired) electrons. The topological polar surface area (TPSA) is 80.6 Å². The lowest BCUT2D eigenvalue weighted by Gasteiger charge is -2.35. The van der Waals surface area contributed by atoms with Crippen molar-refractivity contribution in [2.24, 2.45) is 5.92 Å². The minimum absolute atomic E-state index is 0.0734. The van der Waals surface area contributed by atoms with Crippen molar-refractivity contribution in [2.75, 3.05) is 26.7 Å². The van der Waals surface area contributed by atoms with Gasteiger partial charge in [-0.05, 0) is 63.8 Å². The third kappa shape index (κ3) is 6.03. The predicted octanol–water partition coefficient (Wildman–Crippen LogP) is 4.14. The van der Waals surface area contributed by atoms with Gasteiger partial charge in [-0.15, -0.1) is 5.10 Å². The molecule has 3 rings (SSSR count). The number of nitrogens with zero attached hydrogens (tertiary/aromatic N) is 5. The maximum atomic E-state index is 13.9. The maximum absolute atomic E-state index is 13.9. The number of hydrogen-bond acceptors (Lipinski definition) is 5. The van der Waals surface area contributed by atoms with Crippen LogP contribution in [0.2, 0.25) is 0 Å². The summed E-state index contributed by atoms with van der Waals surface area (Å²) in [6.45, 7) is 5.94. The van der Waals surface area contributed by atoms with Gasteiger partial charge >= 0.3 is 12.3 Å². The van der Waals surface area contributed by atoms with Gasteiger partial charge in [0.15, 0.2) is 11.4 Å². The van der Waals surface area contributed by atoms with Crippen LogP contribution in [-0.4, -0.2) is 69.1 Å². The summed E-state index contributed by atoms with van der Waals surface area (Å²) in [5.74, 6) is -1.66. The van der Waals surface area contributed by atoms with Crippen molar-refractivity contribution in [1.82, 2.24) is 24.8 Å². The Morgan fingerprint density at radius 2 is 1.82 bits per heavy atom. The molecule has 1 aromatic heterocycles. The lowest BCUT2D eigenvalue weighted by atomic mass is 9.97. The summed E-state index contributed by atoms with van der Waals surface area (Å²) in [6, 6.07) is 4.23. The Hall–Kier alpha value is -3.18. The molecule has 2 amide bonds. The zero-order valence-corrected chi connectivity index (χ0v) is 19.4. The molecular formula is C22H27F4N5O3. The third-order valence-corrected chi connectivity index (χ3v) is 5.26. The van der Waals surface area contributed by atoms with Crippen molar-refractivity contribution in [3.63, 3.8) is 0 Å². The summed E-state index contributed by atoms with van der Waals surface area (Å²) >= 11 is 0. The monoisotopic (exact) mass is 485 g/mol. The standard InChI is InChI=1S/C22H27F4N5O3/c1-21(2,3)34-20(33)29(4)12-14-6-5-11-30(13-14)19(32)17-18(22(24,25)26)31(28-27-17)16-9-7-15(23)8-10-16/h7-10,14H,5-6,11-13H2,1-4H3. The number of rotatable bonds is 4. The normalized spacial score (nSPS) is 16.9. The van der Waals surface area contributed by atoms with Gasteiger partial charge in [0.25, 0.3) is 5.91 Å². The summed E-state index contributed by atoms with van der Waals surface area (Å²) in [7, 11) is 1.57. The van der Waals surface area contributed by atoms with E-state index in [-0.39, 0.29) is 31.2 Å². The molecule has 0 bridgehead atoms.